The van der Waals surface area contributed by atoms with Crippen LogP contribution < -0.4 is 14.8 Å². The third-order valence-corrected chi connectivity index (χ3v) is 4.86. The van der Waals surface area contributed by atoms with Crippen LogP contribution in [-0.2, 0) is 4.79 Å². The molecule has 0 radical (unpaired) electrons. The molecule has 6 heteroatoms. The lowest BCUT2D eigenvalue weighted by molar-refractivity contribution is -0.115. The summed E-state index contributed by atoms with van der Waals surface area (Å²) in [7, 11) is 0. The van der Waals surface area contributed by atoms with Gasteiger partial charge in [0, 0.05) is 5.56 Å². The number of thiocarbonyl (C=S) groups is 1. The smallest absolute Gasteiger partial charge is 0.263 e. The summed E-state index contributed by atoms with van der Waals surface area (Å²) in [4.78, 5) is 12.2. The number of aryl methyl sites for hydroxylation is 1. The molecule has 0 aromatic heterocycles. The van der Waals surface area contributed by atoms with Gasteiger partial charge in [-0.3, -0.25) is 4.79 Å². The van der Waals surface area contributed by atoms with Crippen molar-refractivity contribution in [2.45, 2.75) is 27.7 Å². The minimum Gasteiger partial charge on any atom is -0.490 e. The van der Waals surface area contributed by atoms with Crippen LogP contribution in [0.5, 0.6) is 11.5 Å². The van der Waals surface area contributed by atoms with Crippen molar-refractivity contribution >= 4 is 40.3 Å². The number of ether oxygens (including phenoxy) is 2. The van der Waals surface area contributed by atoms with Gasteiger partial charge in [-0.05, 0) is 51.0 Å². The van der Waals surface area contributed by atoms with E-state index in [4.69, 9.17) is 21.7 Å². The van der Waals surface area contributed by atoms with Gasteiger partial charge in [0.05, 0.1) is 18.1 Å². The van der Waals surface area contributed by atoms with Gasteiger partial charge in [0.2, 0.25) is 0 Å². The molecule has 0 unspecified atom stereocenters. The quantitative estimate of drug-likeness (QED) is 0.416. The maximum absolute atomic E-state index is 11.6. The first kappa shape index (κ1) is 20.3. The molecule has 0 aliphatic carbocycles. The highest BCUT2D eigenvalue weighted by atomic mass is 32.2. The maximum atomic E-state index is 11.6. The first-order valence-corrected chi connectivity index (χ1v) is 9.68. The number of hydrogen-bond acceptors (Lipinski definition) is 5. The zero-order chi connectivity index (χ0) is 19.1. The molecule has 138 valence electrons. The zero-order valence-corrected chi connectivity index (χ0v) is 17.1. The molecular weight excluding hydrogens is 366 g/mol. The van der Waals surface area contributed by atoms with E-state index in [1.165, 1.54) is 11.8 Å². The summed E-state index contributed by atoms with van der Waals surface area (Å²) >= 11 is 6.23. The van der Waals surface area contributed by atoms with Crippen LogP contribution in [0.1, 0.15) is 30.5 Å². The van der Waals surface area contributed by atoms with Crippen LogP contribution in [-0.4, -0.2) is 23.4 Å². The van der Waals surface area contributed by atoms with Crippen LogP contribution >= 0.6 is 24.0 Å². The highest BCUT2D eigenvalue weighted by Gasteiger charge is 2.20. The molecule has 1 amide bonds. The number of carbonyl (C=O) groups excluding carboxylic acids is 1. The Bertz CT molecular complexity index is 795. The topological polar surface area (TPSA) is 47.6 Å². The standard InChI is InChI=1S/C20H23NO3S2/c1-5-23-17-13(3)12-15(14(4)18(17)24-6-2)10-8-7-9-11-16-19(22)21-20(25)26-16/h7-12H,5-6H2,1-4H3,(H,21,22,25)/b9-7+,10-8+,16-11+. The average Bonchev–Trinajstić information content (AvgIpc) is 2.92. The fourth-order valence-corrected chi connectivity index (χ4v) is 3.50. The average molecular weight is 390 g/mol. The second-order valence-electron chi connectivity index (χ2n) is 5.55. The third-order valence-electron chi connectivity index (χ3n) is 3.67. The summed E-state index contributed by atoms with van der Waals surface area (Å²) in [5.74, 6) is 1.46. The lowest BCUT2D eigenvalue weighted by atomic mass is 10.0. The molecule has 0 spiro atoms. The molecule has 4 nitrogen and oxygen atoms in total. The third kappa shape index (κ3) is 4.99. The molecule has 0 saturated carbocycles. The van der Waals surface area contributed by atoms with Crippen molar-refractivity contribution in [3.63, 3.8) is 0 Å². The summed E-state index contributed by atoms with van der Waals surface area (Å²) < 4.78 is 12.1. The number of hydrogen-bond donors (Lipinski definition) is 1. The highest BCUT2D eigenvalue weighted by molar-refractivity contribution is 8.26. The Morgan fingerprint density at radius 1 is 1.12 bits per heavy atom. The Hall–Kier alpha value is -2.05. The van der Waals surface area contributed by atoms with E-state index in [2.05, 4.69) is 11.4 Å². The van der Waals surface area contributed by atoms with E-state index >= 15 is 0 Å². The molecule has 2 rings (SSSR count). The molecule has 1 aliphatic heterocycles. The first-order valence-electron chi connectivity index (χ1n) is 8.45. The minimum atomic E-state index is -0.145. The molecule has 0 bridgehead atoms. The summed E-state index contributed by atoms with van der Waals surface area (Å²) in [5.41, 5.74) is 3.15. The number of allylic oxidation sites excluding steroid dienone is 4. The molecule has 1 aliphatic rings. The molecule has 1 aromatic carbocycles. The maximum Gasteiger partial charge on any atom is 0.263 e. The van der Waals surface area contributed by atoms with E-state index in [9.17, 15) is 4.79 Å². The Kier molecular flexibility index (Phi) is 7.48. The van der Waals surface area contributed by atoms with Gasteiger partial charge in [-0.2, -0.15) is 0 Å². The second kappa shape index (κ2) is 9.59. The van der Waals surface area contributed by atoms with E-state index in [1.54, 1.807) is 6.08 Å². The van der Waals surface area contributed by atoms with Gasteiger partial charge in [-0.1, -0.05) is 48.3 Å². The van der Waals surface area contributed by atoms with Gasteiger partial charge in [-0.25, -0.2) is 0 Å². The summed E-state index contributed by atoms with van der Waals surface area (Å²) in [6, 6.07) is 2.09. The molecule has 1 aromatic rings. The molecule has 26 heavy (non-hydrogen) atoms. The van der Waals surface area contributed by atoms with Crippen LogP contribution in [0.2, 0.25) is 0 Å². The number of amides is 1. The Morgan fingerprint density at radius 3 is 2.42 bits per heavy atom. The van der Waals surface area contributed by atoms with E-state index < -0.39 is 0 Å². The monoisotopic (exact) mass is 389 g/mol. The van der Waals surface area contributed by atoms with Crippen LogP contribution in [0, 0.1) is 13.8 Å². The van der Waals surface area contributed by atoms with Crippen LogP contribution in [0.25, 0.3) is 6.08 Å². The van der Waals surface area contributed by atoms with E-state index in [1.807, 2.05) is 52.0 Å². The molecule has 1 fully saturated rings. The summed E-state index contributed by atoms with van der Waals surface area (Å²) in [5, 5.41) is 2.59. The molecular formula is C20H23NO3S2. The number of benzene rings is 1. The molecule has 1 heterocycles. The van der Waals surface area contributed by atoms with Crippen molar-refractivity contribution in [3.8, 4) is 11.5 Å². The lowest BCUT2D eigenvalue weighted by Crippen LogP contribution is -2.17. The largest absolute Gasteiger partial charge is 0.490 e. The Balaban J connectivity index is 2.19. The van der Waals surface area contributed by atoms with Gasteiger partial charge in [0.15, 0.2) is 11.5 Å². The van der Waals surface area contributed by atoms with Crippen LogP contribution in [0.15, 0.2) is 35.3 Å². The number of thioether (sulfide) groups is 1. The number of carbonyl (C=O) groups is 1. The Morgan fingerprint density at radius 2 is 1.81 bits per heavy atom. The van der Waals surface area contributed by atoms with Crippen molar-refractivity contribution in [2.75, 3.05) is 13.2 Å². The minimum absolute atomic E-state index is 0.145. The van der Waals surface area contributed by atoms with Crippen molar-refractivity contribution in [1.29, 1.82) is 0 Å². The van der Waals surface area contributed by atoms with Crippen molar-refractivity contribution in [2.24, 2.45) is 0 Å². The summed E-state index contributed by atoms with van der Waals surface area (Å²) in [6.45, 7) is 9.16. The normalized spacial score (nSPS) is 16.1. The van der Waals surface area contributed by atoms with E-state index in [0.717, 1.165) is 28.2 Å². The van der Waals surface area contributed by atoms with Gasteiger partial charge >= 0.3 is 0 Å². The predicted octanol–water partition coefficient (Wildman–Crippen LogP) is 4.70. The van der Waals surface area contributed by atoms with Crippen molar-refractivity contribution < 1.29 is 14.3 Å². The SMILES string of the molecule is CCOc1c(C)cc(/C=C/C=C/C=C2/SC(=S)NC2=O)c(C)c1OCC. The first-order chi connectivity index (χ1) is 12.5. The second-order valence-corrected chi connectivity index (χ2v) is 7.27. The predicted molar refractivity (Wildman–Crippen MR) is 113 cm³/mol. The fraction of sp³-hybridized carbons (Fsp3) is 0.300. The fourth-order valence-electron chi connectivity index (χ4n) is 2.50. The molecule has 1 saturated heterocycles. The van der Waals surface area contributed by atoms with Crippen molar-refractivity contribution in [3.05, 3.63) is 52.0 Å². The summed E-state index contributed by atoms with van der Waals surface area (Å²) in [6.07, 6.45) is 9.42. The van der Waals surface area contributed by atoms with Gasteiger partial charge in [0.1, 0.15) is 4.32 Å². The van der Waals surface area contributed by atoms with Crippen molar-refractivity contribution in [1.82, 2.24) is 5.32 Å². The lowest BCUT2D eigenvalue weighted by Gasteiger charge is -2.17. The molecule has 0 atom stereocenters. The van der Waals surface area contributed by atoms with E-state index in [0.29, 0.717) is 22.4 Å². The van der Waals surface area contributed by atoms with Crippen LogP contribution in [0.3, 0.4) is 0 Å². The molecule has 1 N–H and O–H groups in total. The van der Waals surface area contributed by atoms with Gasteiger partial charge < -0.3 is 14.8 Å². The number of nitrogens with one attached hydrogen (secondary N) is 1. The van der Waals surface area contributed by atoms with E-state index in [-0.39, 0.29) is 5.91 Å². The van der Waals surface area contributed by atoms with Gasteiger partial charge in [0.25, 0.3) is 5.91 Å². The highest BCUT2D eigenvalue weighted by Crippen LogP contribution is 2.37. The Labute approximate surface area is 164 Å². The van der Waals surface area contributed by atoms with Gasteiger partial charge in [-0.15, -0.1) is 0 Å². The van der Waals surface area contributed by atoms with Crippen LogP contribution in [0.4, 0.5) is 0 Å². The number of rotatable bonds is 7. The zero-order valence-electron chi connectivity index (χ0n) is 15.4.